The van der Waals surface area contributed by atoms with Gasteiger partial charge in [-0.25, -0.2) is 4.79 Å². The van der Waals surface area contributed by atoms with Gasteiger partial charge in [-0.15, -0.1) is 0 Å². The van der Waals surface area contributed by atoms with Crippen molar-refractivity contribution >= 4 is 5.97 Å². The Morgan fingerprint density at radius 1 is 1.22 bits per heavy atom. The first-order chi connectivity index (χ1) is 12.7. The Kier molecular flexibility index (Phi) is 2.78. The number of epoxide rings is 2. The summed E-state index contributed by atoms with van der Waals surface area (Å²) in [4.78, 5) is 12.0. The normalized spacial score (nSPS) is 60.1. The Morgan fingerprint density at radius 2 is 1.96 bits per heavy atom. The lowest BCUT2D eigenvalue weighted by Gasteiger charge is -2.61. The van der Waals surface area contributed by atoms with Crippen LogP contribution < -0.4 is 0 Å². The predicted octanol–water partition coefficient (Wildman–Crippen LogP) is 0.0575. The van der Waals surface area contributed by atoms with E-state index in [1.165, 1.54) is 0 Å². The van der Waals surface area contributed by atoms with Crippen molar-refractivity contribution in [2.45, 2.75) is 81.3 Å². The summed E-state index contributed by atoms with van der Waals surface area (Å²) >= 11 is 0. The first-order valence-electron chi connectivity index (χ1n) is 9.99. The summed E-state index contributed by atoms with van der Waals surface area (Å²) in [6.07, 6.45) is -1.48. The number of carbonyl (C=O) groups is 1. The van der Waals surface area contributed by atoms with Crippen LogP contribution in [0.1, 0.15) is 40.0 Å². The van der Waals surface area contributed by atoms with E-state index in [1.807, 2.05) is 20.8 Å². The molecule has 3 aliphatic carbocycles. The number of esters is 1. The molecule has 6 rings (SSSR count). The predicted molar refractivity (Wildman–Crippen MR) is 90.4 cm³/mol. The van der Waals surface area contributed by atoms with E-state index in [2.05, 4.69) is 0 Å². The van der Waals surface area contributed by atoms with Crippen molar-refractivity contribution in [3.8, 4) is 0 Å². The van der Waals surface area contributed by atoms with E-state index in [-0.39, 0.29) is 30.5 Å². The quantitative estimate of drug-likeness (QED) is 0.437. The number of hydrogen-bond donors (Lipinski definition) is 3. The van der Waals surface area contributed by atoms with Gasteiger partial charge in [-0.3, -0.25) is 0 Å². The third-order valence-electron chi connectivity index (χ3n) is 8.92. The second-order valence-corrected chi connectivity index (χ2v) is 9.85. The molecule has 0 aromatic rings. The van der Waals surface area contributed by atoms with Crippen LogP contribution >= 0.6 is 0 Å². The van der Waals surface area contributed by atoms with Crippen LogP contribution in [0.4, 0.5) is 0 Å². The SMILES string of the molecule is CC(C)[C@]12O[C@H]1[C@H](O)[C@@]1(O)[C@@]3(C)CCC4=C(COC4=O)[C@@H]3CC3O[C@@]31[C@@H]2O. The highest BCUT2D eigenvalue weighted by atomic mass is 16.7. The van der Waals surface area contributed by atoms with Crippen molar-refractivity contribution in [1.82, 2.24) is 0 Å². The van der Waals surface area contributed by atoms with E-state index in [1.54, 1.807) is 0 Å². The van der Waals surface area contributed by atoms with Gasteiger partial charge in [0.2, 0.25) is 0 Å². The van der Waals surface area contributed by atoms with Crippen LogP contribution in [0, 0.1) is 17.3 Å². The molecule has 3 heterocycles. The first kappa shape index (κ1) is 16.9. The summed E-state index contributed by atoms with van der Waals surface area (Å²) in [7, 11) is 0. The lowest BCUT2D eigenvalue weighted by molar-refractivity contribution is -0.256. The van der Waals surface area contributed by atoms with Gasteiger partial charge in [0.15, 0.2) is 5.60 Å². The van der Waals surface area contributed by atoms with Crippen LogP contribution in [0.15, 0.2) is 11.1 Å². The maximum absolute atomic E-state index is 12.1. The Morgan fingerprint density at radius 3 is 2.67 bits per heavy atom. The number of hydrogen-bond acceptors (Lipinski definition) is 7. The van der Waals surface area contributed by atoms with Crippen molar-refractivity contribution in [2.24, 2.45) is 17.3 Å². The standard InChI is InChI=1S/C20H26O7/c1-8(2)18-14(27-18)13(21)20(24)17(3)5-4-9-10(7-25-15(9)22)11(17)6-12-19(20,26-12)16(18)23/h8,11-14,16,21,23-24H,4-7H2,1-3H3/t11-,12?,13-,14-,16+,17-,18-,19+,20+/m0/s1. The number of carbonyl (C=O) groups excluding carboxylic acids is 1. The molecule has 6 aliphatic rings. The largest absolute Gasteiger partial charge is 0.458 e. The molecule has 7 nitrogen and oxygen atoms in total. The van der Waals surface area contributed by atoms with Crippen LogP contribution in [0.3, 0.4) is 0 Å². The third-order valence-corrected chi connectivity index (χ3v) is 8.92. The fourth-order valence-electron chi connectivity index (χ4n) is 7.31. The van der Waals surface area contributed by atoms with E-state index in [9.17, 15) is 20.1 Å². The van der Waals surface area contributed by atoms with Crippen molar-refractivity contribution in [1.29, 1.82) is 0 Å². The van der Waals surface area contributed by atoms with Gasteiger partial charge in [0.1, 0.15) is 36.1 Å². The highest BCUT2D eigenvalue weighted by Gasteiger charge is 2.93. The van der Waals surface area contributed by atoms with E-state index >= 15 is 0 Å². The second kappa shape index (κ2) is 4.44. The van der Waals surface area contributed by atoms with Gasteiger partial charge in [0.05, 0.1) is 6.10 Å². The summed E-state index contributed by atoms with van der Waals surface area (Å²) in [5.41, 5.74) is -2.80. The minimum Gasteiger partial charge on any atom is -0.458 e. The summed E-state index contributed by atoms with van der Waals surface area (Å²) in [5, 5.41) is 34.8. The maximum Gasteiger partial charge on any atom is 0.334 e. The van der Waals surface area contributed by atoms with Gasteiger partial charge < -0.3 is 29.5 Å². The Bertz CT molecular complexity index is 806. The van der Waals surface area contributed by atoms with Crippen LogP contribution in [0.2, 0.25) is 0 Å². The minimum atomic E-state index is -1.64. The number of rotatable bonds is 1. The van der Waals surface area contributed by atoms with Crippen molar-refractivity contribution in [3.05, 3.63) is 11.1 Å². The Labute approximate surface area is 157 Å². The van der Waals surface area contributed by atoms with Gasteiger partial charge in [0.25, 0.3) is 0 Å². The molecular weight excluding hydrogens is 352 g/mol. The molecule has 3 N–H and O–H groups in total. The zero-order valence-corrected chi connectivity index (χ0v) is 15.8. The van der Waals surface area contributed by atoms with Gasteiger partial charge in [0, 0.05) is 11.0 Å². The molecule has 1 unspecified atom stereocenters. The van der Waals surface area contributed by atoms with Crippen molar-refractivity contribution in [3.63, 3.8) is 0 Å². The van der Waals surface area contributed by atoms with E-state index in [0.717, 1.165) is 11.1 Å². The molecule has 4 fully saturated rings. The number of cyclic esters (lactones) is 1. The molecule has 0 radical (unpaired) electrons. The molecule has 3 aliphatic heterocycles. The molecule has 2 saturated carbocycles. The second-order valence-electron chi connectivity index (χ2n) is 9.85. The van der Waals surface area contributed by atoms with Gasteiger partial charge in [-0.05, 0) is 36.7 Å². The van der Waals surface area contributed by atoms with Crippen LogP contribution in [-0.4, -0.2) is 69.1 Å². The van der Waals surface area contributed by atoms with Crippen LogP contribution in [0.25, 0.3) is 0 Å². The number of aliphatic hydroxyl groups excluding tert-OH is 2. The topological polar surface area (TPSA) is 112 Å². The maximum atomic E-state index is 12.1. The first-order valence-corrected chi connectivity index (χ1v) is 9.99. The van der Waals surface area contributed by atoms with E-state index < -0.39 is 40.5 Å². The molecule has 7 heteroatoms. The van der Waals surface area contributed by atoms with E-state index in [4.69, 9.17) is 14.2 Å². The van der Waals surface area contributed by atoms with Crippen LogP contribution in [0.5, 0.6) is 0 Å². The molecule has 0 amide bonds. The molecule has 0 aromatic carbocycles. The molecule has 2 saturated heterocycles. The number of aliphatic hydroxyl groups is 3. The summed E-state index contributed by atoms with van der Waals surface area (Å²) in [6, 6.07) is 0. The Balaban J connectivity index is 1.51. The van der Waals surface area contributed by atoms with Gasteiger partial charge in [-0.1, -0.05) is 20.8 Å². The molecule has 0 bridgehead atoms. The average molecular weight is 378 g/mol. The molecule has 0 aromatic heterocycles. The zero-order chi connectivity index (χ0) is 19.1. The molecule has 27 heavy (non-hydrogen) atoms. The zero-order valence-electron chi connectivity index (χ0n) is 15.8. The van der Waals surface area contributed by atoms with Crippen LogP contribution in [-0.2, 0) is 19.0 Å². The summed E-state index contributed by atoms with van der Waals surface area (Å²) in [5.74, 6) is -0.394. The number of fused-ring (bicyclic) bond motifs is 4. The molecular formula is C20H26O7. The highest BCUT2D eigenvalue weighted by Crippen LogP contribution is 2.75. The monoisotopic (exact) mass is 378 g/mol. The molecule has 9 atom stereocenters. The summed E-state index contributed by atoms with van der Waals surface area (Å²) < 4.78 is 17.2. The highest BCUT2D eigenvalue weighted by molar-refractivity contribution is 5.92. The van der Waals surface area contributed by atoms with Gasteiger partial charge >= 0.3 is 5.97 Å². The van der Waals surface area contributed by atoms with Gasteiger partial charge in [-0.2, -0.15) is 0 Å². The lowest BCUT2D eigenvalue weighted by atomic mass is 9.44. The fraction of sp³-hybridized carbons (Fsp3) is 0.850. The average Bonchev–Trinajstić information content (AvgIpc) is 3.50. The third kappa shape index (κ3) is 1.44. The number of ether oxygens (including phenoxy) is 3. The molecule has 148 valence electrons. The fourth-order valence-corrected chi connectivity index (χ4v) is 7.31. The smallest absolute Gasteiger partial charge is 0.334 e. The lowest BCUT2D eigenvalue weighted by Crippen LogP contribution is -2.79. The minimum absolute atomic E-state index is 0.0111. The Hall–Kier alpha value is -0.990. The summed E-state index contributed by atoms with van der Waals surface area (Å²) in [6.45, 7) is 6.13. The molecule has 1 spiro atoms. The van der Waals surface area contributed by atoms with E-state index in [0.29, 0.717) is 19.3 Å². The van der Waals surface area contributed by atoms with Crippen molar-refractivity contribution in [2.75, 3.05) is 6.61 Å². The van der Waals surface area contributed by atoms with Crippen molar-refractivity contribution < 1.29 is 34.3 Å².